The van der Waals surface area contributed by atoms with E-state index in [0.29, 0.717) is 92.3 Å². The maximum Gasteiger partial charge on any atom is 0.305 e. The summed E-state index contributed by atoms with van der Waals surface area (Å²) < 4.78 is 42.9. The van der Waals surface area contributed by atoms with E-state index in [-0.39, 0.29) is 12.6 Å². The number of carbonyl (C=O) groups excluding carboxylic acids is 1. The van der Waals surface area contributed by atoms with E-state index in [4.69, 9.17) is 37.9 Å². The third kappa shape index (κ3) is 27.2. The lowest BCUT2D eigenvalue weighted by Crippen LogP contribution is -2.15. The van der Waals surface area contributed by atoms with Crippen molar-refractivity contribution in [3.8, 4) is 0 Å². The fourth-order valence-electron chi connectivity index (χ4n) is 2.37. The minimum atomic E-state index is -0.180. The summed E-state index contributed by atoms with van der Waals surface area (Å²) >= 11 is 0. The molecule has 0 aliphatic carbocycles. The fourth-order valence-corrected chi connectivity index (χ4v) is 2.37. The molecule has 0 radical (unpaired) electrons. The second-order valence-electron chi connectivity index (χ2n) is 6.96. The van der Waals surface area contributed by atoms with E-state index in [0.717, 1.165) is 19.4 Å². The topological polar surface area (TPSA) is 90.9 Å². The molecule has 0 N–H and O–H groups in total. The maximum atomic E-state index is 11.1. The molecule has 9 nitrogen and oxygen atoms in total. The maximum absolute atomic E-state index is 11.1. The Labute approximate surface area is 194 Å². The van der Waals surface area contributed by atoms with Crippen LogP contribution >= 0.6 is 0 Å². The zero-order valence-corrected chi connectivity index (χ0v) is 20.3. The molecule has 0 rings (SSSR count). The van der Waals surface area contributed by atoms with Crippen LogP contribution in [0.5, 0.6) is 0 Å². The molecule has 0 saturated heterocycles. The van der Waals surface area contributed by atoms with Crippen molar-refractivity contribution >= 4 is 5.97 Å². The summed E-state index contributed by atoms with van der Waals surface area (Å²) in [5.74, 6) is -0.180. The third-order valence-electron chi connectivity index (χ3n) is 4.07. The Morgan fingerprint density at radius 3 is 1.12 bits per heavy atom. The van der Waals surface area contributed by atoms with Gasteiger partial charge in [-0.05, 0) is 12.8 Å². The van der Waals surface area contributed by atoms with Gasteiger partial charge in [0.2, 0.25) is 0 Å². The van der Waals surface area contributed by atoms with Crippen LogP contribution in [-0.4, -0.2) is 105 Å². The van der Waals surface area contributed by atoms with E-state index < -0.39 is 0 Å². The molecule has 0 unspecified atom stereocenters. The highest BCUT2D eigenvalue weighted by Gasteiger charge is 1.99. The number of esters is 1. The molecule has 0 aromatic rings. The smallest absolute Gasteiger partial charge is 0.305 e. The highest BCUT2D eigenvalue weighted by molar-refractivity contribution is 5.69. The summed E-state index contributed by atoms with van der Waals surface area (Å²) in [7, 11) is 0. The molecule has 0 aliphatic rings. The zero-order chi connectivity index (χ0) is 23.4. The van der Waals surface area contributed by atoms with Crippen LogP contribution in [-0.2, 0) is 42.7 Å². The molecular formula is C23H46O9. The van der Waals surface area contributed by atoms with E-state index >= 15 is 0 Å². The van der Waals surface area contributed by atoms with Gasteiger partial charge in [0.05, 0.1) is 85.9 Å². The summed E-state index contributed by atoms with van der Waals surface area (Å²) in [6.45, 7) is 12.1. The van der Waals surface area contributed by atoms with Gasteiger partial charge in [-0.25, -0.2) is 0 Å². The Morgan fingerprint density at radius 2 is 0.781 bits per heavy atom. The van der Waals surface area contributed by atoms with Crippen LogP contribution in [0.4, 0.5) is 0 Å². The molecule has 192 valence electrons. The molecule has 0 aromatic carbocycles. The minimum absolute atomic E-state index is 0.180. The van der Waals surface area contributed by atoms with Crippen LogP contribution in [0.15, 0.2) is 0 Å². The fraction of sp³-hybridized carbons (Fsp3) is 0.957. The molecule has 9 heteroatoms. The summed E-state index contributed by atoms with van der Waals surface area (Å²) in [6.07, 6.45) is 4.79. The Morgan fingerprint density at radius 1 is 0.438 bits per heavy atom. The standard InChI is InChI=1S/C23H46O9/c1-3-5-6-8-25-9-10-26-11-12-27-13-14-28-15-16-29-17-18-30-19-20-31-21-22-32-23(24)7-4-2/h3-22H2,1-2H3. The van der Waals surface area contributed by atoms with Crippen LogP contribution in [0.1, 0.15) is 46.0 Å². The summed E-state index contributed by atoms with van der Waals surface area (Å²) in [5.41, 5.74) is 0. The number of hydrogen-bond acceptors (Lipinski definition) is 9. The number of unbranched alkanes of at least 4 members (excludes halogenated alkanes) is 2. The second kappa shape index (κ2) is 28.2. The molecule has 0 saturated carbocycles. The number of rotatable bonds is 27. The Balaban J connectivity index is 3.03. The van der Waals surface area contributed by atoms with Crippen molar-refractivity contribution in [3.05, 3.63) is 0 Å². The first-order chi connectivity index (χ1) is 15.8. The first kappa shape index (κ1) is 31.2. The molecule has 0 aliphatic heterocycles. The largest absolute Gasteiger partial charge is 0.463 e. The van der Waals surface area contributed by atoms with Gasteiger partial charge in [-0.3, -0.25) is 4.79 Å². The van der Waals surface area contributed by atoms with Crippen molar-refractivity contribution in [2.75, 3.05) is 99.1 Å². The van der Waals surface area contributed by atoms with Crippen LogP contribution in [0.2, 0.25) is 0 Å². The Kier molecular flexibility index (Phi) is 27.5. The van der Waals surface area contributed by atoms with Gasteiger partial charge >= 0.3 is 5.97 Å². The van der Waals surface area contributed by atoms with Gasteiger partial charge < -0.3 is 37.9 Å². The lowest BCUT2D eigenvalue weighted by Gasteiger charge is -2.08. The molecule has 0 aromatic heterocycles. The summed E-state index contributed by atoms with van der Waals surface area (Å²) in [5, 5.41) is 0. The SMILES string of the molecule is CCCCCOCCOCCOCCOCCOCCOCCOCCOC(=O)CCC. The monoisotopic (exact) mass is 466 g/mol. The van der Waals surface area contributed by atoms with E-state index in [2.05, 4.69) is 6.92 Å². The van der Waals surface area contributed by atoms with Crippen molar-refractivity contribution in [1.82, 2.24) is 0 Å². The van der Waals surface area contributed by atoms with Crippen LogP contribution in [0, 0.1) is 0 Å². The average molecular weight is 467 g/mol. The molecule has 0 heterocycles. The van der Waals surface area contributed by atoms with Crippen molar-refractivity contribution in [2.24, 2.45) is 0 Å². The normalized spacial score (nSPS) is 11.2. The van der Waals surface area contributed by atoms with Gasteiger partial charge in [0.25, 0.3) is 0 Å². The van der Waals surface area contributed by atoms with Gasteiger partial charge in [-0.15, -0.1) is 0 Å². The predicted octanol–water partition coefficient (Wildman–Crippen LogP) is 2.64. The van der Waals surface area contributed by atoms with E-state index in [1.165, 1.54) is 12.8 Å². The Hall–Kier alpha value is -0.810. The highest BCUT2D eigenvalue weighted by atomic mass is 16.6. The molecule has 0 fully saturated rings. The first-order valence-electron chi connectivity index (χ1n) is 12.0. The molecule has 32 heavy (non-hydrogen) atoms. The van der Waals surface area contributed by atoms with Gasteiger partial charge in [0, 0.05) is 13.0 Å². The molecular weight excluding hydrogens is 420 g/mol. The predicted molar refractivity (Wildman–Crippen MR) is 121 cm³/mol. The Bertz CT molecular complexity index is 369. The third-order valence-corrected chi connectivity index (χ3v) is 4.07. The van der Waals surface area contributed by atoms with Crippen molar-refractivity contribution in [2.45, 2.75) is 46.0 Å². The van der Waals surface area contributed by atoms with E-state index in [1.807, 2.05) is 6.92 Å². The lowest BCUT2D eigenvalue weighted by atomic mass is 10.3. The molecule has 0 bridgehead atoms. The van der Waals surface area contributed by atoms with Gasteiger partial charge in [-0.2, -0.15) is 0 Å². The highest BCUT2D eigenvalue weighted by Crippen LogP contribution is 1.94. The number of ether oxygens (including phenoxy) is 8. The van der Waals surface area contributed by atoms with E-state index in [9.17, 15) is 4.79 Å². The summed E-state index contributed by atoms with van der Waals surface area (Å²) in [6, 6.07) is 0. The molecule has 0 atom stereocenters. The van der Waals surface area contributed by atoms with Crippen LogP contribution < -0.4 is 0 Å². The molecule has 0 amide bonds. The lowest BCUT2D eigenvalue weighted by molar-refractivity contribution is -0.145. The van der Waals surface area contributed by atoms with Gasteiger partial charge in [0.1, 0.15) is 6.61 Å². The quantitative estimate of drug-likeness (QED) is 0.134. The average Bonchev–Trinajstić information content (AvgIpc) is 2.79. The zero-order valence-electron chi connectivity index (χ0n) is 20.3. The summed E-state index contributed by atoms with van der Waals surface area (Å²) in [4.78, 5) is 11.1. The van der Waals surface area contributed by atoms with Crippen LogP contribution in [0.25, 0.3) is 0 Å². The van der Waals surface area contributed by atoms with Crippen molar-refractivity contribution < 1.29 is 42.7 Å². The molecule has 0 spiro atoms. The second-order valence-corrected chi connectivity index (χ2v) is 6.96. The van der Waals surface area contributed by atoms with Crippen LogP contribution in [0.3, 0.4) is 0 Å². The van der Waals surface area contributed by atoms with Crippen molar-refractivity contribution in [3.63, 3.8) is 0 Å². The van der Waals surface area contributed by atoms with Gasteiger partial charge in [0.15, 0.2) is 0 Å². The van der Waals surface area contributed by atoms with E-state index in [1.54, 1.807) is 0 Å². The first-order valence-corrected chi connectivity index (χ1v) is 12.0. The number of carbonyl (C=O) groups is 1. The van der Waals surface area contributed by atoms with Crippen molar-refractivity contribution in [1.29, 1.82) is 0 Å². The van der Waals surface area contributed by atoms with Gasteiger partial charge in [-0.1, -0.05) is 26.7 Å². The number of hydrogen-bond donors (Lipinski definition) is 0. The minimum Gasteiger partial charge on any atom is -0.463 e.